The molecular formula is C6H6BrN3O2. The van der Waals surface area contributed by atoms with Crippen LogP contribution in [0.3, 0.4) is 0 Å². The molecule has 0 unspecified atom stereocenters. The number of hydrogen-bond acceptors (Lipinski definition) is 4. The zero-order chi connectivity index (χ0) is 9.14. The van der Waals surface area contributed by atoms with Crippen LogP contribution in [0.25, 0.3) is 0 Å². The van der Waals surface area contributed by atoms with Crippen LogP contribution < -0.4 is 5.73 Å². The fourth-order valence-electron chi connectivity index (χ4n) is 0.725. The van der Waals surface area contributed by atoms with Crippen molar-refractivity contribution < 1.29 is 4.92 Å². The molecule has 1 aromatic rings. The summed E-state index contributed by atoms with van der Waals surface area (Å²) >= 11 is 3.16. The summed E-state index contributed by atoms with van der Waals surface area (Å²) in [5, 5.41) is 10.9. The second-order valence-corrected chi connectivity index (χ2v) is 2.70. The van der Waals surface area contributed by atoms with Gasteiger partial charge in [0.25, 0.3) is 0 Å². The Morgan fingerprint density at radius 1 is 1.75 bits per heavy atom. The van der Waals surface area contributed by atoms with Crippen molar-refractivity contribution >= 4 is 27.4 Å². The number of pyridine rings is 1. The number of nitrogens with zero attached hydrogens (tertiary/aromatic N) is 2. The molecule has 0 aliphatic carbocycles. The lowest BCUT2D eigenvalue weighted by Crippen LogP contribution is -1.99. The van der Waals surface area contributed by atoms with Gasteiger partial charge in [-0.25, -0.2) is 4.98 Å². The minimum Gasteiger partial charge on any atom is -0.378 e. The Morgan fingerprint density at radius 3 is 2.92 bits per heavy atom. The third-order valence-corrected chi connectivity index (χ3v) is 1.95. The summed E-state index contributed by atoms with van der Waals surface area (Å²) in [6, 6.07) is 1.40. The standard InChI is InChI=1S/C6H6BrN3O2/c7-2-4-1-5(10(11)12)6(8)9-3-4/h1,3H,2H2,(H2,8,9). The maximum atomic E-state index is 10.4. The van der Waals surface area contributed by atoms with E-state index in [0.717, 1.165) is 5.56 Å². The first kappa shape index (κ1) is 8.92. The molecule has 0 saturated heterocycles. The Kier molecular flexibility index (Phi) is 2.59. The van der Waals surface area contributed by atoms with E-state index in [2.05, 4.69) is 20.9 Å². The number of alkyl halides is 1. The lowest BCUT2D eigenvalue weighted by molar-refractivity contribution is -0.384. The molecule has 1 rings (SSSR count). The predicted octanol–water partition coefficient (Wildman–Crippen LogP) is 1.47. The van der Waals surface area contributed by atoms with Gasteiger partial charge in [0.2, 0.25) is 5.82 Å². The Morgan fingerprint density at radius 2 is 2.42 bits per heavy atom. The Labute approximate surface area is 76.9 Å². The average molecular weight is 232 g/mol. The molecule has 64 valence electrons. The van der Waals surface area contributed by atoms with Gasteiger partial charge in [-0.3, -0.25) is 10.1 Å². The van der Waals surface area contributed by atoms with Gasteiger partial charge in [0.1, 0.15) is 0 Å². The van der Waals surface area contributed by atoms with Gasteiger partial charge in [0.15, 0.2) is 0 Å². The van der Waals surface area contributed by atoms with E-state index in [1.165, 1.54) is 12.3 Å². The quantitative estimate of drug-likeness (QED) is 0.475. The van der Waals surface area contributed by atoms with E-state index >= 15 is 0 Å². The van der Waals surface area contributed by atoms with E-state index in [4.69, 9.17) is 5.73 Å². The first-order chi connectivity index (χ1) is 5.65. The Hall–Kier alpha value is -1.17. The van der Waals surface area contributed by atoms with Crippen LogP contribution in [0.5, 0.6) is 0 Å². The monoisotopic (exact) mass is 231 g/mol. The van der Waals surface area contributed by atoms with Crippen LogP contribution in [-0.4, -0.2) is 9.91 Å². The summed E-state index contributed by atoms with van der Waals surface area (Å²) in [5.41, 5.74) is 5.86. The summed E-state index contributed by atoms with van der Waals surface area (Å²) in [4.78, 5) is 13.5. The summed E-state index contributed by atoms with van der Waals surface area (Å²) in [6.07, 6.45) is 1.50. The van der Waals surface area contributed by atoms with Crippen molar-refractivity contribution in [1.82, 2.24) is 4.98 Å². The van der Waals surface area contributed by atoms with Crippen LogP contribution in [0, 0.1) is 10.1 Å². The van der Waals surface area contributed by atoms with E-state index in [9.17, 15) is 10.1 Å². The normalized spacial score (nSPS) is 9.75. The summed E-state index contributed by atoms with van der Waals surface area (Å²) in [6.45, 7) is 0. The molecule has 1 heterocycles. The van der Waals surface area contributed by atoms with Gasteiger partial charge >= 0.3 is 5.69 Å². The van der Waals surface area contributed by atoms with Crippen molar-refractivity contribution in [3.63, 3.8) is 0 Å². The number of anilines is 1. The van der Waals surface area contributed by atoms with Gasteiger partial charge in [0, 0.05) is 17.6 Å². The molecule has 0 aliphatic rings. The molecule has 0 aromatic carbocycles. The van der Waals surface area contributed by atoms with Crippen LogP contribution in [-0.2, 0) is 5.33 Å². The molecule has 1 aromatic heterocycles. The average Bonchev–Trinajstić information content (AvgIpc) is 2.05. The topological polar surface area (TPSA) is 82.0 Å². The zero-order valence-electron chi connectivity index (χ0n) is 6.03. The summed E-state index contributed by atoms with van der Waals surface area (Å²) < 4.78 is 0. The van der Waals surface area contributed by atoms with Gasteiger partial charge in [-0.1, -0.05) is 15.9 Å². The van der Waals surface area contributed by atoms with Gasteiger partial charge in [-0.05, 0) is 5.56 Å². The molecule has 0 saturated carbocycles. The zero-order valence-corrected chi connectivity index (χ0v) is 7.61. The molecule has 12 heavy (non-hydrogen) atoms. The van der Waals surface area contributed by atoms with Crippen molar-refractivity contribution in [2.24, 2.45) is 0 Å². The molecule has 0 radical (unpaired) electrons. The van der Waals surface area contributed by atoms with E-state index in [0.29, 0.717) is 5.33 Å². The summed E-state index contributed by atoms with van der Waals surface area (Å²) in [7, 11) is 0. The Balaban J connectivity index is 3.17. The first-order valence-corrected chi connectivity index (χ1v) is 4.22. The van der Waals surface area contributed by atoms with E-state index in [-0.39, 0.29) is 11.5 Å². The highest BCUT2D eigenvalue weighted by molar-refractivity contribution is 9.08. The molecular weight excluding hydrogens is 226 g/mol. The third-order valence-electron chi connectivity index (χ3n) is 1.31. The molecule has 5 nitrogen and oxygen atoms in total. The minimum atomic E-state index is -0.547. The van der Waals surface area contributed by atoms with Gasteiger partial charge < -0.3 is 5.73 Å². The first-order valence-electron chi connectivity index (χ1n) is 3.10. The van der Waals surface area contributed by atoms with Crippen molar-refractivity contribution in [2.45, 2.75) is 5.33 Å². The fourth-order valence-corrected chi connectivity index (χ4v) is 1.03. The van der Waals surface area contributed by atoms with Crippen molar-refractivity contribution in [2.75, 3.05) is 5.73 Å². The van der Waals surface area contributed by atoms with Crippen LogP contribution in [0.4, 0.5) is 11.5 Å². The highest BCUT2D eigenvalue weighted by Crippen LogP contribution is 2.20. The number of nitro groups is 1. The molecule has 0 spiro atoms. The van der Waals surface area contributed by atoms with Crippen LogP contribution in [0.15, 0.2) is 12.3 Å². The largest absolute Gasteiger partial charge is 0.378 e. The van der Waals surface area contributed by atoms with Crippen molar-refractivity contribution in [3.05, 3.63) is 27.9 Å². The minimum absolute atomic E-state index is 0.0512. The number of hydrogen-bond donors (Lipinski definition) is 1. The van der Waals surface area contributed by atoms with Gasteiger partial charge in [0.05, 0.1) is 4.92 Å². The lowest BCUT2D eigenvalue weighted by Gasteiger charge is -1.97. The van der Waals surface area contributed by atoms with Crippen LogP contribution in [0.2, 0.25) is 0 Å². The third kappa shape index (κ3) is 1.70. The maximum Gasteiger partial charge on any atom is 0.311 e. The number of rotatable bonds is 2. The second kappa shape index (κ2) is 3.48. The van der Waals surface area contributed by atoms with Crippen molar-refractivity contribution in [1.29, 1.82) is 0 Å². The van der Waals surface area contributed by atoms with E-state index in [1.54, 1.807) is 0 Å². The van der Waals surface area contributed by atoms with E-state index < -0.39 is 4.92 Å². The van der Waals surface area contributed by atoms with Crippen molar-refractivity contribution in [3.8, 4) is 0 Å². The number of nitrogens with two attached hydrogens (primary N) is 1. The predicted molar refractivity (Wildman–Crippen MR) is 47.9 cm³/mol. The maximum absolute atomic E-state index is 10.4. The molecule has 0 bridgehead atoms. The summed E-state index contributed by atoms with van der Waals surface area (Å²) in [5.74, 6) is -0.0512. The number of nitrogen functional groups attached to an aromatic ring is 1. The molecule has 2 N–H and O–H groups in total. The highest BCUT2D eigenvalue weighted by atomic mass is 79.9. The Bertz CT molecular complexity index is 316. The fraction of sp³-hybridized carbons (Fsp3) is 0.167. The highest BCUT2D eigenvalue weighted by Gasteiger charge is 2.12. The number of aromatic nitrogens is 1. The molecule has 6 heteroatoms. The lowest BCUT2D eigenvalue weighted by atomic mass is 10.3. The molecule has 0 aliphatic heterocycles. The van der Waals surface area contributed by atoms with Crippen LogP contribution in [0.1, 0.15) is 5.56 Å². The number of halogens is 1. The smallest absolute Gasteiger partial charge is 0.311 e. The molecule has 0 atom stereocenters. The molecule has 0 amide bonds. The molecule has 0 fully saturated rings. The van der Waals surface area contributed by atoms with Gasteiger partial charge in [-0.2, -0.15) is 0 Å². The van der Waals surface area contributed by atoms with Gasteiger partial charge in [-0.15, -0.1) is 0 Å². The van der Waals surface area contributed by atoms with Crippen LogP contribution >= 0.6 is 15.9 Å². The van der Waals surface area contributed by atoms with E-state index in [1.807, 2.05) is 0 Å². The second-order valence-electron chi connectivity index (χ2n) is 2.14. The SMILES string of the molecule is Nc1ncc(CBr)cc1[N+](=O)[O-].